The van der Waals surface area contributed by atoms with Gasteiger partial charge in [0, 0.05) is 13.0 Å². The Bertz CT molecular complexity index is 657. The van der Waals surface area contributed by atoms with Crippen molar-refractivity contribution in [2.24, 2.45) is 0 Å². The normalized spacial score (nSPS) is 13.3. The predicted molar refractivity (Wildman–Crippen MR) is 109 cm³/mol. The molecule has 0 aliphatic rings. The molecule has 2 aromatic rings. The van der Waals surface area contributed by atoms with Crippen molar-refractivity contribution in [1.82, 2.24) is 0 Å². The van der Waals surface area contributed by atoms with Gasteiger partial charge in [0.2, 0.25) is 0 Å². The maximum absolute atomic E-state index is 13.2. The molecule has 0 spiro atoms. The van der Waals surface area contributed by atoms with Crippen molar-refractivity contribution < 1.29 is 14.3 Å². The first-order chi connectivity index (χ1) is 13.2. The number of ether oxygens (including phenoxy) is 1. The molecule has 3 nitrogen and oxygen atoms in total. The fourth-order valence-electron chi connectivity index (χ4n) is 3.49. The van der Waals surface area contributed by atoms with Gasteiger partial charge in [-0.25, -0.2) is 0 Å². The van der Waals surface area contributed by atoms with E-state index in [2.05, 4.69) is 6.92 Å². The molecule has 2 aromatic carbocycles. The summed E-state index contributed by atoms with van der Waals surface area (Å²) in [6, 6.07) is 19.5. The number of carbonyl (C=O) groups excluding carboxylic acids is 2. The van der Waals surface area contributed by atoms with Gasteiger partial charge < -0.3 is 4.74 Å². The number of carbonyl (C=O) groups is 2. The minimum atomic E-state index is -1.49. The van der Waals surface area contributed by atoms with Gasteiger partial charge >= 0.3 is 0 Å². The van der Waals surface area contributed by atoms with Crippen LogP contribution in [0.4, 0.5) is 0 Å². The van der Waals surface area contributed by atoms with E-state index in [1.807, 2.05) is 67.6 Å². The van der Waals surface area contributed by atoms with Crippen LogP contribution in [-0.2, 0) is 14.3 Å². The Morgan fingerprint density at radius 3 is 1.93 bits per heavy atom. The zero-order chi connectivity index (χ0) is 19.5. The average Bonchev–Trinajstić information content (AvgIpc) is 2.72. The van der Waals surface area contributed by atoms with Crippen molar-refractivity contribution in [2.45, 2.75) is 57.5 Å². The molecule has 0 saturated carbocycles. The summed E-state index contributed by atoms with van der Waals surface area (Å²) >= 11 is 0. The summed E-state index contributed by atoms with van der Waals surface area (Å²) in [6.07, 6.45) is 4.65. The number of ketones is 1. The number of hydrogen-bond acceptors (Lipinski definition) is 3. The van der Waals surface area contributed by atoms with Crippen molar-refractivity contribution in [3.63, 3.8) is 0 Å². The van der Waals surface area contributed by atoms with E-state index in [0.29, 0.717) is 19.4 Å². The summed E-state index contributed by atoms with van der Waals surface area (Å²) in [5, 5.41) is 0. The minimum absolute atomic E-state index is 0.144. The van der Waals surface area contributed by atoms with Crippen molar-refractivity contribution in [1.29, 1.82) is 0 Å². The Hall–Kier alpha value is -2.26. The lowest BCUT2D eigenvalue weighted by Crippen LogP contribution is -2.49. The molecule has 0 heterocycles. The van der Waals surface area contributed by atoms with Crippen LogP contribution in [0.25, 0.3) is 0 Å². The molecular formula is C24H30O3. The van der Waals surface area contributed by atoms with Crippen LogP contribution < -0.4 is 0 Å². The fraction of sp³-hybridized carbons (Fsp3) is 0.417. The van der Waals surface area contributed by atoms with Crippen LogP contribution >= 0.6 is 0 Å². The summed E-state index contributed by atoms with van der Waals surface area (Å²) in [5.74, 6) is -0.604. The first-order valence-electron chi connectivity index (χ1n) is 9.93. The summed E-state index contributed by atoms with van der Waals surface area (Å²) in [6.45, 7) is 4.47. The standard InChI is InChI=1S/C24H30O3/c1-3-5-12-18-27-24(19-25,22(26)13-4-2)23(20-14-8-6-9-15-20)21-16-10-7-11-17-21/h6-11,14-17,19,23H,3-5,12-13,18H2,1-2H3. The molecular weight excluding hydrogens is 336 g/mol. The SMILES string of the molecule is CCCCCOC(C=O)(C(=O)CCC)C(c1ccccc1)c1ccccc1. The molecule has 3 heteroatoms. The summed E-state index contributed by atoms with van der Waals surface area (Å²) < 4.78 is 6.15. The van der Waals surface area contributed by atoms with Gasteiger partial charge in [-0.05, 0) is 24.0 Å². The number of unbranched alkanes of at least 4 members (excludes halogenated alkanes) is 2. The third-order valence-corrected chi connectivity index (χ3v) is 4.87. The lowest BCUT2D eigenvalue weighted by atomic mass is 9.74. The number of rotatable bonds is 12. The lowest BCUT2D eigenvalue weighted by Gasteiger charge is -2.36. The Labute approximate surface area is 162 Å². The molecule has 0 aliphatic carbocycles. The molecule has 1 unspecified atom stereocenters. The van der Waals surface area contributed by atoms with E-state index in [1.165, 1.54) is 0 Å². The third-order valence-electron chi connectivity index (χ3n) is 4.87. The lowest BCUT2D eigenvalue weighted by molar-refractivity contribution is -0.153. The van der Waals surface area contributed by atoms with Crippen LogP contribution in [-0.4, -0.2) is 24.3 Å². The van der Waals surface area contributed by atoms with Crippen molar-refractivity contribution >= 4 is 12.1 Å². The highest BCUT2D eigenvalue weighted by molar-refractivity contribution is 6.03. The van der Waals surface area contributed by atoms with Crippen LogP contribution in [0.3, 0.4) is 0 Å². The Morgan fingerprint density at radius 2 is 1.48 bits per heavy atom. The first kappa shape index (κ1) is 21.0. The second kappa shape index (κ2) is 10.8. The summed E-state index contributed by atoms with van der Waals surface area (Å²) in [7, 11) is 0. The van der Waals surface area contributed by atoms with Crippen molar-refractivity contribution in [3.05, 3.63) is 71.8 Å². The van der Waals surface area contributed by atoms with Crippen molar-refractivity contribution in [2.75, 3.05) is 6.61 Å². The molecule has 0 saturated heterocycles. The van der Waals surface area contributed by atoms with Gasteiger partial charge in [-0.15, -0.1) is 0 Å². The highest BCUT2D eigenvalue weighted by Crippen LogP contribution is 2.38. The molecule has 0 aliphatic heterocycles. The molecule has 0 bridgehead atoms. The monoisotopic (exact) mass is 366 g/mol. The highest BCUT2D eigenvalue weighted by atomic mass is 16.5. The summed E-state index contributed by atoms with van der Waals surface area (Å²) in [5.41, 5.74) is 0.332. The van der Waals surface area contributed by atoms with E-state index in [1.54, 1.807) is 0 Å². The second-order valence-corrected chi connectivity index (χ2v) is 6.89. The largest absolute Gasteiger partial charge is 0.359 e. The fourth-order valence-corrected chi connectivity index (χ4v) is 3.49. The third kappa shape index (κ3) is 5.14. The van der Waals surface area contributed by atoms with E-state index in [-0.39, 0.29) is 5.78 Å². The quantitative estimate of drug-likeness (QED) is 0.290. The maximum atomic E-state index is 13.2. The first-order valence-corrected chi connectivity index (χ1v) is 9.93. The predicted octanol–water partition coefficient (Wildman–Crippen LogP) is 5.33. The molecule has 0 aromatic heterocycles. The number of aldehydes is 1. The molecule has 144 valence electrons. The summed E-state index contributed by atoms with van der Waals surface area (Å²) in [4.78, 5) is 25.6. The molecule has 0 N–H and O–H groups in total. The van der Waals surface area contributed by atoms with E-state index in [0.717, 1.165) is 36.7 Å². The number of Topliss-reactive ketones (excluding diaryl/α,β-unsaturated/α-hetero) is 1. The zero-order valence-electron chi connectivity index (χ0n) is 16.4. The van der Waals surface area contributed by atoms with E-state index < -0.39 is 11.5 Å². The van der Waals surface area contributed by atoms with E-state index in [4.69, 9.17) is 4.74 Å². The van der Waals surface area contributed by atoms with Gasteiger partial charge in [0.05, 0.1) is 5.92 Å². The molecule has 2 rings (SSSR count). The van der Waals surface area contributed by atoms with Crippen molar-refractivity contribution in [3.8, 4) is 0 Å². The van der Waals surface area contributed by atoms with Gasteiger partial charge in [-0.2, -0.15) is 0 Å². The van der Waals surface area contributed by atoms with Crippen LogP contribution in [0, 0.1) is 0 Å². The molecule has 0 amide bonds. The molecule has 0 fully saturated rings. The van der Waals surface area contributed by atoms with Gasteiger partial charge in [0.15, 0.2) is 17.7 Å². The maximum Gasteiger partial charge on any atom is 0.191 e. The van der Waals surface area contributed by atoms with Crippen LogP contribution in [0.2, 0.25) is 0 Å². The molecule has 1 atom stereocenters. The smallest absolute Gasteiger partial charge is 0.191 e. The van der Waals surface area contributed by atoms with E-state index >= 15 is 0 Å². The Morgan fingerprint density at radius 1 is 0.926 bits per heavy atom. The topological polar surface area (TPSA) is 43.4 Å². The highest BCUT2D eigenvalue weighted by Gasteiger charge is 2.47. The minimum Gasteiger partial charge on any atom is -0.359 e. The molecule has 0 radical (unpaired) electrons. The van der Waals surface area contributed by atoms with Gasteiger partial charge in [-0.1, -0.05) is 87.4 Å². The van der Waals surface area contributed by atoms with E-state index in [9.17, 15) is 9.59 Å². The number of benzene rings is 2. The Kier molecular flexibility index (Phi) is 8.41. The zero-order valence-corrected chi connectivity index (χ0v) is 16.4. The van der Waals surface area contributed by atoms with Gasteiger partial charge in [0.1, 0.15) is 0 Å². The second-order valence-electron chi connectivity index (χ2n) is 6.89. The van der Waals surface area contributed by atoms with Crippen LogP contribution in [0.1, 0.15) is 63.0 Å². The van der Waals surface area contributed by atoms with Gasteiger partial charge in [-0.3, -0.25) is 9.59 Å². The number of hydrogen-bond donors (Lipinski definition) is 0. The Balaban J connectivity index is 2.54. The molecule has 27 heavy (non-hydrogen) atoms. The average molecular weight is 367 g/mol. The van der Waals surface area contributed by atoms with Gasteiger partial charge in [0.25, 0.3) is 0 Å². The van der Waals surface area contributed by atoms with Crippen LogP contribution in [0.5, 0.6) is 0 Å². The van der Waals surface area contributed by atoms with Crippen LogP contribution in [0.15, 0.2) is 60.7 Å².